The molecule has 0 atom stereocenters. The minimum atomic E-state index is 0.0603. The van der Waals surface area contributed by atoms with Gasteiger partial charge in [0.15, 0.2) is 0 Å². The Morgan fingerprint density at radius 3 is 2.50 bits per heavy atom. The first kappa shape index (κ1) is 13.2. The van der Waals surface area contributed by atoms with Gasteiger partial charge >= 0.3 is 0 Å². The fourth-order valence-corrected chi connectivity index (χ4v) is 2.73. The smallest absolute Gasteiger partial charge is 0.270 e. The van der Waals surface area contributed by atoms with E-state index in [1.807, 2.05) is 23.1 Å². The zero-order chi connectivity index (χ0) is 13.9. The maximum Gasteiger partial charge on any atom is 0.270 e. The molecule has 0 spiro atoms. The molecular weight excluding hydrogens is 320 g/mol. The number of nitrogens with zero attached hydrogens (tertiary/aromatic N) is 3. The highest BCUT2D eigenvalue weighted by Gasteiger charge is 2.23. The van der Waals surface area contributed by atoms with Crippen LogP contribution in [0.3, 0.4) is 0 Å². The molecule has 1 N–H and O–H groups in total. The van der Waals surface area contributed by atoms with Crippen LogP contribution in [0.1, 0.15) is 10.5 Å². The van der Waals surface area contributed by atoms with E-state index in [9.17, 15) is 4.79 Å². The summed E-state index contributed by atoms with van der Waals surface area (Å²) >= 11 is 3.35. The van der Waals surface area contributed by atoms with Crippen LogP contribution in [-0.4, -0.2) is 47.0 Å². The lowest BCUT2D eigenvalue weighted by molar-refractivity contribution is 0.0741. The summed E-state index contributed by atoms with van der Waals surface area (Å²) in [5.41, 5.74) is 1.80. The van der Waals surface area contributed by atoms with Gasteiger partial charge in [-0.1, -0.05) is 0 Å². The Labute approximate surface area is 125 Å². The lowest BCUT2D eigenvalue weighted by Gasteiger charge is -2.35. The van der Waals surface area contributed by atoms with Crippen molar-refractivity contribution in [1.82, 2.24) is 14.9 Å². The Morgan fingerprint density at radius 1 is 1.20 bits per heavy atom. The molecule has 0 aromatic carbocycles. The van der Waals surface area contributed by atoms with Gasteiger partial charge in [-0.2, -0.15) is 0 Å². The van der Waals surface area contributed by atoms with Gasteiger partial charge in [0.25, 0.3) is 5.91 Å². The molecule has 6 heteroatoms. The third-order valence-electron chi connectivity index (χ3n) is 3.47. The number of amides is 1. The molecular formula is C14H15BrN4O. The molecule has 5 nitrogen and oxygen atoms in total. The van der Waals surface area contributed by atoms with Gasteiger partial charge in [-0.15, -0.1) is 0 Å². The summed E-state index contributed by atoms with van der Waals surface area (Å²) in [5.74, 6) is 0.0603. The van der Waals surface area contributed by atoms with Crippen molar-refractivity contribution in [2.24, 2.45) is 0 Å². The molecule has 0 bridgehead atoms. The molecule has 1 aliphatic heterocycles. The lowest BCUT2D eigenvalue weighted by Crippen LogP contribution is -2.48. The van der Waals surface area contributed by atoms with Crippen LogP contribution in [0.4, 0.5) is 5.69 Å². The van der Waals surface area contributed by atoms with Crippen molar-refractivity contribution < 1.29 is 4.79 Å². The van der Waals surface area contributed by atoms with E-state index in [4.69, 9.17) is 0 Å². The van der Waals surface area contributed by atoms with Crippen molar-refractivity contribution in [3.63, 3.8) is 0 Å². The van der Waals surface area contributed by atoms with E-state index in [-0.39, 0.29) is 5.91 Å². The standard InChI is InChI=1S/C14H15BrN4O/c15-11-9-13(17-10-11)14(20)19-7-5-18(6-8-19)12-1-3-16-4-2-12/h1-4,9-10,17H,5-8H2. The molecule has 1 fully saturated rings. The summed E-state index contributed by atoms with van der Waals surface area (Å²) in [6.45, 7) is 3.16. The summed E-state index contributed by atoms with van der Waals surface area (Å²) in [7, 11) is 0. The van der Waals surface area contributed by atoms with Crippen LogP contribution in [0.2, 0.25) is 0 Å². The molecule has 0 saturated carbocycles. The van der Waals surface area contributed by atoms with Gasteiger partial charge in [0.05, 0.1) is 0 Å². The van der Waals surface area contributed by atoms with Crippen LogP contribution >= 0.6 is 15.9 Å². The average Bonchev–Trinajstić information content (AvgIpc) is 2.94. The maximum atomic E-state index is 12.3. The van der Waals surface area contributed by atoms with E-state index in [1.165, 1.54) is 0 Å². The first-order chi connectivity index (χ1) is 9.74. The largest absolute Gasteiger partial charge is 0.368 e. The van der Waals surface area contributed by atoms with E-state index < -0.39 is 0 Å². The van der Waals surface area contributed by atoms with Crippen molar-refractivity contribution >= 4 is 27.5 Å². The second-order valence-electron chi connectivity index (χ2n) is 4.72. The van der Waals surface area contributed by atoms with Gasteiger partial charge in [0, 0.05) is 54.9 Å². The molecule has 2 aromatic heterocycles. The molecule has 0 aliphatic carbocycles. The van der Waals surface area contributed by atoms with Crippen LogP contribution in [-0.2, 0) is 0 Å². The number of nitrogens with one attached hydrogen (secondary N) is 1. The van der Waals surface area contributed by atoms with Crippen molar-refractivity contribution in [3.8, 4) is 0 Å². The van der Waals surface area contributed by atoms with Crippen molar-refractivity contribution in [1.29, 1.82) is 0 Å². The molecule has 1 aliphatic rings. The number of carbonyl (C=O) groups excluding carboxylic acids is 1. The Bertz CT molecular complexity index is 590. The summed E-state index contributed by atoms with van der Waals surface area (Å²) in [6, 6.07) is 5.82. The predicted octanol–water partition coefficient (Wildman–Crippen LogP) is 2.13. The molecule has 104 valence electrons. The fourth-order valence-electron chi connectivity index (χ4n) is 2.38. The number of hydrogen-bond donors (Lipinski definition) is 1. The number of hydrogen-bond acceptors (Lipinski definition) is 3. The van der Waals surface area contributed by atoms with Crippen molar-refractivity contribution in [2.45, 2.75) is 0 Å². The Morgan fingerprint density at radius 2 is 1.90 bits per heavy atom. The highest BCUT2D eigenvalue weighted by atomic mass is 79.9. The fraction of sp³-hybridized carbons (Fsp3) is 0.286. The number of aromatic nitrogens is 2. The number of anilines is 1. The second-order valence-corrected chi connectivity index (χ2v) is 5.63. The van der Waals surface area contributed by atoms with Crippen molar-refractivity contribution in [3.05, 3.63) is 47.0 Å². The average molecular weight is 335 g/mol. The Kier molecular flexibility index (Phi) is 3.73. The first-order valence-electron chi connectivity index (χ1n) is 6.52. The predicted molar refractivity (Wildman–Crippen MR) is 80.8 cm³/mol. The summed E-state index contributed by atoms with van der Waals surface area (Å²) in [5, 5.41) is 0. The molecule has 0 unspecified atom stereocenters. The number of halogens is 1. The monoisotopic (exact) mass is 334 g/mol. The number of pyridine rings is 1. The topological polar surface area (TPSA) is 52.2 Å². The van der Waals surface area contributed by atoms with E-state index >= 15 is 0 Å². The minimum Gasteiger partial charge on any atom is -0.368 e. The molecule has 0 radical (unpaired) electrons. The number of carbonyl (C=O) groups is 1. The third kappa shape index (κ3) is 2.70. The second kappa shape index (κ2) is 5.66. The van der Waals surface area contributed by atoms with E-state index in [0.29, 0.717) is 5.69 Å². The molecule has 1 amide bonds. The van der Waals surface area contributed by atoms with Gasteiger partial charge in [-0.3, -0.25) is 9.78 Å². The molecule has 20 heavy (non-hydrogen) atoms. The minimum absolute atomic E-state index is 0.0603. The number of aromatic amines is 1. The Hall–Kier alpha value is -1.82. The maximum absolute atomic E-state index is 12.3. The lowest BCUT2D eigenvalue weighted by atomic mass is 10.2. The van der Waals surface area contributed by atoms with Gasteiger partial charge in [-0.05, 0) is 34.1 Å². The van der Waals surface area contributed by atoms with Gasteiger partial charge in [-0.25, -0.2) is 0 Å². The van der Waals surface area contributed by atoms with E-state index in [1.54, 1.807) is 18.6 Å². The molecule has 1 saturated heterocycles. The zero-order valence-corrected chi connectivity index (χ0v) is 12.5. The number of rotatable bonds is 2. The molecule has 2 aromatic rings. The van der Waals surface area contributed by atoms with E-state index in [0.717, 1.165) is 36.3 Å². The molecule has 3 rings (SSSR count). The van der Waals surface area contributed by atoms with E-state index in [2.05, 4.69) is 30.8 Å². The van der Waals surface area contributed by atoms with Crippen LogP contribution in [0.5, 0.6) is 0 Å². The van der Waals surface area contributed by atoms with Crippen LogP contribution in [0.15, 0.2) is 41.3 Å². The zero-order valence-electron chi connectivity index (χ0n) is 10.9. The SMILES string of the molecule is O=C(c1cc(Br)c[nH]1)N1CCN(c2ccncc2)CC1. The van der Waals surface area contributed by atoms with Gasteiger partial charge in [0.2, 0.25) is 0 Å². The van der Waals surface area contributed by atoms with Crippen molar-refractivity contribution in [2.75, 3.05) is 31.1 Å². The van der Waals surface area contributed by atoms with Gasteiger partial charge < -0.3 is 14.8 Å². The van der Waals surface area contributed by atoms with Crippen LogP contribution in [0, 0.1) is 0 Å². The quantitative estimate of drug-likeness (QED) is 0.915. The summed E-state index contributed by atoms with van der Waals surface area (Å²) in [4.78, 5) is 23.5. The third-order valence-corrected chi connectivity index (χ3v) is 3.93. The highest BCUT2D eigenvalue weighted by molar-refractivity contribution is 9.10. The summed E-state index contributed by atoms with van der Waals surface area (Å²) in [6.07, 6.45) is 5.37. The number of piperazine rings is 1. The Balaban J connectivity index is 1.63. The van der Waals surface area contributed by atoms with Crippen LogP contribution < -0.4 is 4.90 Å². The summed E-state index contributed by atoms with van der Waals surface area (Å²) < 4.78 is 0.899. The molecule has 3 heterocycles. The number of H-pyrrole nitrogens is 1. The normalized spacial score (nSPS) is 15.4. The first-order valence-corrected chi connectivity index (χ1v) is 7.31. The highest BCUT2D eigenvalue weighted by Crippen LogP contribution is 2.17. The van der Waals surface area contributed by atoms with Crippen LogP contribution in [0.25, 0.3) is 0 Å². The van der Waals surface area contributed by atoms with Gasteiger partial charge in [0.1, 0.15) is 5.69 Å².